The number of benzene rings is 1. The average Bonchev–Trinajstić information content (AvgIpc) is 2.55. The maximum atomic E-state index is 13.2. The van der Waals surface area contributed by atoms with E-state index in [0.29, 0.717) is 23.5 Å². The van der Waals surface area contributed by atoms with Gasteiger partial charge in [-0.25, -0.2) is 4.39 Å². The van der Waals surface area contributed by atoms with Crippen LogP contribution >= 0.6 is 11.6 Å². The molecule has 0 spiro atoms. The number of hydrogen-bond donors (Lipinski definition) is 1. The summed E-state index contributed by atoms with van der Waals surface area (Å²) in [5, 5.41) is 3.10. The zero-order valence-corrected chi connectivity index (χ0v) is 13.9. The Hall–Kier alpha value is -2.14. The Balaban J connectivity index is 2.13. The van der Waals surface area contributed by atoms with Crippen molar-refractivity contribution < 1.29 is 9.18 Å². The molecule has 0 aliphatic heterocycles. The number of amides is 1. The number of nitrogens with zero attached hydrogens (tertiary/aromatic N) is 2. The van der Waals surface area contributed by atoms with Gasteiger partial charge < -0.3 is 10.2 Å². The van der Waals surface area contributed by atoms with Crippen LogP contribution in [0.15, 0.2) is 36.7 Å². The lowest BCUT2D eigenvalue weighted by atomic mass is 10.2. The van der Waals surface area contributed by atoms with Crippen LogP contribution in [0, 0.1) is 5.82 Å². The van der Waals surface area contributed by atoms with Crippen LogP contribution < -0.4 is 5.32 Å². The average molecular weight is 336 g/mol. The molecule has 0 radical (unpaired) electrons. The molecule has 1 aromatic carbocycles. The van der Waals surface area contributed by atoms with Gasteiger partial charge in [0.1, 0.15) is 5.82 Å². The van der Waals surface area contributed by atoms with Crippen molar-refractivity contribution in [2.24, 2.45) is 0 Å². The lowest BCUT2D eigenvalue weighted by molar-refractivity contribution is 0.0793. The number of carbonyl (C=O) groups excluding carboxylic acids is 1. The third-order valence-corrected chi connectivity index (χ3v) is 3.68. The van der Waals surface area contributed by atoms with Crippen molar-refractivity contribution in [1.29, 1.82) is 0 Å². The fourth-order valence-electron chi connectivity index (χ4n) is 2.08. The monoisotopic (exact) mass is 335 g/mol. The summed E-state index contributed by atoms with van der Waals surface area (Å²) in [7, 11) is 1.78. The molecule has 6 heteroatoms. The lowest BCUT2D eigenvalue weighted by Gasteiger charge is -2.17. The Bertz CT molecular complexity index is 693. The molecule has 2 rings (SSSR count). The van der Waals surface area contributed by atoms with E-state index in [9.17, 15) is 9.18 Å². The fourth-order valence-corrected chi connectivity index (χ4v) is 2.26. The maximum absolute atomic E-state index is 13.2. The van der Waals surface area contributed by atoms with Gasteiger partial charge in [0.25, 0.3) is 5.91 Å². The largest absolute Gasteiger partial charge is 0.354 e. The number of anilines is 2. The molecule has 4 nitrogen and oxygen atoms in total. The number of halogens is 2. The normalized spacial score (nSPS) is 10.4. The molecule has 1 heterocycles. The van der Waals surface area contributed by atoms with E-state index in [1.165, 1.54) is 18.3 Å². The molecule has 0 aliphatic carbocycles. The number of aromatic nitrogens is 1. The SMILES string of the molecule is CCCCN(C)C(=O)c1cncc(Nc2ccc(F)c(Cl)c2)c1. The van der Waals surface area contributed by atoms with Crippen molar-refractivity contribution in [3.63, 3.8) is 0 Å². The second-order valence-electron chi connectivity index (χ2n) is 5.30. The summed E-state index contributed by atoms with van der Waals surface area (Å²) >= 11 is 5.76. The topological polar surface area (TPSA) is 45.2 Å². The van der Waals surface area contributed by atoms with Gasteiger partial charge in [-0.15, -0.1) is 0 Å². The van der Waals surface area contributed by atoms with Gasteiger partial charge in [0.05, 0.1) is 22.5 Å². The molecule has 0 saturated heterocycles. The molecule has 1 N–H and O–H groups in total. The van der Waals surface area contributed by atoms with Crippen LogP contribution in [0.1, 0.15) is 30.1 Å². The zero-order chi connectivity index (χ0) is 16.8. The van der Waals surface area contributed by atoms with Gasteiger partial charge in [-0.3, -0.25) is 9.78 Å². The number of rotatable bonds is 6. The first-order chi connectivity index (χ1) is 11.0. The van der Waals surface area contributed by atoms with Crippen molar-refractivity contribution in [1.82, 2.24) is 9.88 Å². The second kappa shape index (κ2) is 7.92. The van der Waals surface area contributed by atoms with Gasteiger partial charge in [-0.05, 0) is 30.7 Å². The van der Waals surface area contributed by atoms with Crippen LogP contribution in [-0.4, -0.2) is 29.4 Å². The van der Waals surface area contributed by atoms with Crippen LogP contribution in [0.25, 0.3) is 0 Å². The van der Waals surface area contributed by atoms with E-state index < -0.39 is 5.82 Å². The fraction of sp³-hybridized carbons (Fsp3) is 0.294. The van der Waals surface area contributed by atoms with Crippen LogP contribution in [-0.2, 0) is 0 Å². The first-order valence-corrected chi connectivity index (χ1v) is 7.81. The highest BCUT2D eigenvalue weighted by Gasteiger charge is 2.12. The summed E-state index contributed by atoms with van der Waals surface area (Å²) in [5.74, 6) is -0.552. The Morgan fingerprint density at radius 3 is 2.78 bits per heavy atom. The molecule has 23 heavy (non-hydrogen) atoms. The van der Waals surface area contributed by atoms with Crippen molar-refractivity contribution in [3.05, 3.63) is 53.1 Å². The van der Waals surface area contributed by atoms with E-state index in [4.69, 9.17) is 11.6 Å². The quantitative estimate of drug-likeness (QED) is 0.846. The zero-order valence-electron chi connectivity index (χ0n) is 13.1. The molecule has 0 fully saturated rings. The van der Waals surface area contributed by atoms with Crippen molar-refractivity contribution in [2.75, 3.05) is 18.9 Å². The number of unbranched alkanes of at least 4 members (excludes halogenated alkanes) is 1. The third-order valence-electron chi connectivity index (χ3n) is 3.39. The number of nitrogens with one attached hydrogen (secondary N) is 1. The van der Waals surface area contributed by atoms with E-state index >= 15 is 0 Å². The van der Waals surface area contributed by atoms with Gasteiger partial charge in [0.2, 0.25) is 0 Å². The highest BCUT2D eigenvalue weighted by Crippen LogP contribution is 2.23. The minimum Gasteiger partial charge on any atom is -0.354 e. The molecule has 1 aromatic heterocycles. The summed E-state index contributed by atoms with van der Waals surface area (Å²) in [6.45, 7) is 2.79. The molecule has 1 amide bonds. The van der Waals surface area contributed by atoms with Crippen LogP contribution in [0.4, 0.5) is 15.8 Å². The summed E-state index contributed by atoms with van der Waals surface area (Å²) < 4.78 is 13.2. The molecule has 0 saturated carbocycles. The Kier molecular flexibility index (Phi) is 5.93. The van der Waals surface area contributed by atoms with Gasteiger partial charge >= 0.3 is 0 Å². The second-order valence-corrected chi connectivity index (χ2v) is 5.70. The molecular weight excluding hydrogens is 317 g/mol. The Morgan fingerprint density at radius 1 is 1.30 bits per heavy atom. The smallest absolute Gasteiger partial charge is 0.255 e. The molecule has 0 aliphatic rings. The van der Waals surface area contributed by atoms with Gasteiger partial charge in [0.15, 0.2) is 0 Å². The Morgan fingerprint density at radius 2 is 2.09 bits per heavy atom. The summed E-state index contributed by atoms with van der Waals surface area (Å²) in [6, 6.07) is 6.06. The first kappa shape index (κ1) is 17.2. The van der Waals surface area contributed by atoms with Crippen molar-refractivity contribution >= 4 is 28.9 Å². The van der Waals surface area contributed by atoms with Crippen molar-refractivity contribution in [2.45, 2.75) is 19.8 Å². The minimum absolute atomic E-state index is 0.0366. The number of carbonyl (C=O) groups is 1. The lowest BCUT2D eigenvalue weighted by Crippen LogP contribution is -2.27. The number of pyridine rings is 1. The minimum atomic E-state index is -0.475. The highest BCUT2D eigenvalue weighted by atomic mass is 35.5. The molecule has 0 atom stereocenters. The highest BCUT2D eigenvalue weighted by molar-refractivity contribution is 6.31. The molecule has 0 unspecified atom stereocenters. The molecular formula is C17H19ClFN3O. The third kappa shape index (κ3) is 4.66. The molecule has 122 valence electrons. The predicted molar refractivity (Wildman–Crippen MR) is 90.8 cm³/mol. The van der Waals surface area contributed by atoms with Gasteiger partial charge in [0, 0.05) is 25.5 Å². The van der Waals surface area contributed by atoms with E-state index in [1.807, 2.05) is 0 Å². The predicted octanol–water partition coefficient (Wildman–Crippen LogP) is 4.49. The van der Waals surface area contributed by atoms with E-state index in [1.54, 1.807) is 30.3 Å². The van der Waals surface area contributed by atoms with E-state index in [-0.39, 0.29) is 10.9 Å². The van der Waals surface area contributed by atoms with Crippen LogP contribution in [0.2, 0.25) is 5.02 Å². The summed E-state index contributed by atoms with van der Waals surface area (Å²) in [6.07, 6.45) is 5.12. The number of hydrogen-bond acceptors (Lipinski definition) is 3. The van der Waals surface area contributed by atoms with Crippen LogP contribution in [0.5, 0.6) is 0 Å². The van der Waals surface area contributed by atoms with Gasteiger partial charge in [-0.2, -0.15) is 0 Å². The molecule has 0 bridgehead atoms. The van der Waals surface area contributed by atoms with E-state index in [2.05, 4.69) is 17.2 Å². The summed E-state index contributed by atoms with van der Waals surface area (Å²) in [5.41, 5.74) is 1.77. The van der Waals surface area contributed by atoms with E-state index in [0.717, 1.165) is 12.8 Å². The van der Waals surface area contributed by atoms with Gasteiger partial charge in [-0.1, -0.05) is 24.9 Å². The molecule has 2 aromatic rings. The first-order valence-electron chi connectivity index (χ1n) is 7.44. The summed E-state index contributed by atoms with van der Waals surface area (Å²) in [4.78, 5) is 18.1. The van der Waals surface area contributed by atoms with Crippen molar-refractivity contribution in [3.8, 4) is 0 Å². The maximum Gasteiger partial charge on any atom is 0.255 e. The Labute approximate surface area is 140 Å². The van der Waals surface area contributed by atoms with Crippen LogP contribution in [0.3, 0.4) is 0 Å². The standard InChI is InChI=1S/C17H19ClFN3O/c1-3-4-7-22(2)17(23)12-8-14(11-20-10-12)21-13-5-6-16(19)15(18)9-13/h5-6,8-11,21H,3-4,7H2,1-2H3.